The van der Waals surface area contributed by atoms with Crippen LogP contribution in [0.5, 0.6) is 0 Å². The van der Waals surface area contributed by atoms with Gasteiger partial charge in [0.1, 0.15) is 0 Å². The van der Waals surface area contributed by atoms with E-state index in [1.165, 1.54) is 0 Å². The maximum atomic E-state index is 11.1. The van der Waals surface area contributed by atoms with E-state index in [2.05, 4.69) is 30.9 Å². The third-order valence-corrected chi connectivity index (χ3v) is 2.97. The number of hydrogen-bond acceptors (Lipinski definition) is 3. The molecule has 1 N–H and O–H groups in total. The van der Waals surface area contributed by atoms with E-state index in [9.17, 15) is 4.79 Å². The highest BCUT2D eigenvalue weighted by Gasteiger charge is 2.22. The van der Waals surface area contributed by atoms with Crippen molar-refractivity contribution >= 4 is 11.5 Å². The first-order valence-corrected chi connectivity index (χ1v) is 5.88. The van der Waals surface area contributed by atoms with Crippen LogP contribution in [0.4, 0.5) is 0 Å². The Hall–Kier alpha value is -1.91. The smallest absolute Gasteiger partial charge is 0.312 e. The van der Waals surface area contributed by atoms with Gasteiger partial charge in [-0.25, -0.2) is 4.52 Å². The summed E-state index contributed by atoms with van der Waals surface area (Å²) in [5.41, 5.74) is 2.16. The number of hydrogen-bond donors (Lipinski definition) is 1. The van der Waals surface area contributed by atoms with Crippen molar-refractivity contribution in [2.75, 3.05) is 0 Å². The largest absolute Gasteiger partial charge is 0.481 e. The molecule has 0 amide bonds. The number of carbonyl (C=O) groups is 1. The number of fused-ring (bicyclic) bond motifs is 1. The number of rotatable bonds is 2. The molecule has 0 aromatic carbocycles. The van der Waals surface area contributed by atoms with E-state index in [1.807, 2.05) is 6.07 Å². The number of carboxylic acids is 1. The van der Waals surface area contributed by atoms with Crippen LogP contribution >= 0.6 is 0 Å². The molecule has 1 atom stereocenters. The van der Waals surface area contributed by atoms with Gasteiger partial charge in [-0.3, -0.25) is 9.78 Å². The Labute approximate surface area is 105 Å². The molecule has 0 aliphatic carbocycles. The summed E-state index contributed by atoms with van der Waals surface area (Å²) in [6.07, 6.45) is 3.32. The summed E-state index contributed by atoms with van der Waals surface area (Å²) in [6.45, 7) is 7.85. The van der Waals surface area contributed by atoms with Gasteiger partial charge in [-0.2, -0.15) is 5.10 Å². The first-order valence-electron chi connectivity index (χ1n) is 5.88. The van der Waals surface area contributed by atoms with Crippen LogP contribution in [0, 0.1) is 0 Å². The number of aliphatic carboxylic acids is 1. The molecule has 0 radical (unpaired) electrons. The molecule has 0 fully saturated rings. The van der Waals surface area contributed by atoms with Crippen molar-refractivity contribution in [3.05, 3.63) is 29.8 Å². The highest BCUT2D eigenvalue weighted by molar-refractivity contribution is 5.78. The van der Waals surface area contributed by atoms with E-state index in [4.69, 9.17) is 5.11 Å². The lowest BCUT2D eigenvalue weighted by molar-refractivity contribution is -0.138. The lowest BCUT2D eigenvalue weighted by atomic mass is 9.92. The van der Waals surface area contributed by atoms with Crippen LogP contribution in [0.2, 0.25) is 0 Å². The Kier molecular flexibility index (Phi) is 2.84. The fourth-order valence-corrected chi connectivity index (χ4v) is 1.76. The molecule has 0 aliphatic heterocycles. The Morgan fingerprint density at radius 3 is 2.67 bits per heavy atom. The average molecular weight is 247 g/mol. The van der Waals surface area contributed by atoms with Crippen molar-refractivity contribution in [2.24, 2.45) is 0 Å². The molecule has 5 nitrogen and oxygen atoms in total. The second-order valence-electron chi connectivity index (χ2n) is 5.48. The van der Waals surface area contributed by atoms with Gasteiger partial charge in [0.2, 0.25) is 0 Å². The molecular formula is C13H17N3O2. The zero-order valence-corrected chi connectivity index (χ0v) is 11.0. The van der Waals surface area contributed by atoms with E-state index < -0.39 is 11.9 Å². The van der Waals surface area contributed by atoms with Gasteiger partial charge in [-0.15, -0.1) is 0 Å². The SMILES string of the molecule is CC(C(=O)O)c1nccn2nc(C(C)(C)C)cc12. The van der Waals surface area contributed by atoms with Crippen molar-refractivity contribution in [2.45, 2.75) is 39.0 Å². The normalized spacial score (nSPS) is 13.8. The molecule has 0 saturated carbocycles. The molecule has 1 unspecified atom stereocenters. The van der Waals surface area contributed by atoms with Crippen molar-refractivity contribution < 1.29 is 9.90 Å². The van der Waals surface area contributed by atoms with E-state index in [0.717, 1.165) is 11.2 Å². The van der Waals surface area contributed by atoms with Gasteiger partial charge in [0.15, 0.2) is 0 Å². The lowest BCUT2D eigenvalue weighted by Crippen LogP contribution is -2.11. The third-order valence-electron chi connectivity index (χ3n) is 2.97. The van der Waals surface area contributed by atoms with Gasteiger partial charge < -0.3 is 5.11 Å². The van der Waals surface area contributed by atoms with Crippen LogP contribution in [0.3, 0.4) is 0 Å². The molecule has 2 aromatic heterocycles. The molecule has 0 bridgehead atoms. The fourth-order valence-electron chi connectivity index (χ4n) is 1.76. The van der Waals surface area contributed by atoms with Crippen LogP contribution < -0.4 is 0 Å². The van der Waals surface area contributed by atoms with E-state index in [-0.39, 0.29) is 5.41 Å². The Morgan fingerprint density at radius 1 is 1.44 bits per heavy atom. The zero-order chi connectivity index (χ0) is 13.5. The summed E-state index contributed by atoms with van der Waals surface area (Å²) >= 11 is 0. The minimum Gasteiger partial charge on any atom is -0.481 e. The average Bonchev–Trinajstić information content (AvgIpc) is 2.70. The number of aromatic nitrogens is 3. The molecule has 0 aliphatic rings. The lowest BCUT2D eigenvalue weighted by Gasteiger charge is -2.13. The first kappa shape index (κ1) is 12.5. The van der Waals surface area contributed by atoms with Gasteiger partial charge >= 0.3 is 5.97 Å². The quantitative estimate of drug-likeness (QED) is 0.883. The van der Waals surface area contributed by atoms with Crippen LogP contribution in [-0.4, -0.2) is 25.7 Å². The van der Waals surface area contributed by atoms with Gasteiger partial charge in [0.25, 0.3) is 0 Å². The summed E-state index contributed by atoms with van der Waals surface area (Å²) in [5.74, 6) is -1.52. The minimum absolute atomic E-state index is 0.0737. The maximum absolute atomic E-state index is 11.1. The van der Waals surface area contributed by atoms with Crippen molar-refractivity contribution in [3.63, 3.8) is 0 Å². The van der Waals surface area contributed by atoms with E-state index >= 15 is 0 Å². The van der Waals surface area contributed by atoms with Gasteiger partial charge in [-0.1, -0.05) is 20.8 Å². The third kappa shape index (κ3) is 2.08. The van der Waals surface area contributed by atoms with Gasteiger partial charge in [0, 0.05) is 17.8 Å². The zero-order valence-electron chi connectivity index (χ0n) is 11.0. The molecule has 5 heteroatoms. The minimum atomic E-state index is -0.880. The van der Waals surface area contributed by atoms with Crippen molar-refractivity contribution in [1.82, 2.24) is 14.6 Å². The van der Waals surface area contributed by atoms with Crippen molar-refractivity contribution in [3.8, 4) is 0 Å². The molecule has 0 saturated heterocycles. The molecular weight excluding hydrogens is 230 g/mol. The second kappa shape index (κ2) is 4.08. The first-order chi connectivity index (χ1) is 8.30. The summed E-state index contributed by atoms with van der Waals surface area (Å²) in [5, 5.41) is 13.6. The van der Waals surface area contributed by atoms with Crippen molar-refractivity contribution in [1.29, 1.82) is 0 Å². The fraction of sp³-hybridized carbons (Fsp3) is 0.462. The number of nitrogens with zero attached hydrogens (tertiary/aromatic N) is 3. The Bertz CT molecular complexity index is 596. The second-order valence-corrected chi connectivity index (χ2v) is 5.48. The standard InChI is InChI=1S/C13H17N3O2/c1-8(12(17)18)11-9-7-10(13(2,3)4)15-16(9)6-5-14-11/h5-8H,1-4H3,(H,17,18). The van der Waals surface area contributed by atoms with Gasteiger partial charge in [0.05, 0.1) is 22.8 Å². The summed E-state index contributed by atoms with van der Waals surface area (Å²) < 4.78 is 1.70. The molecule has 96 valence electrons. The number of carboxylic acid groups (broad SMARTS) is 1. The monoisotopic (exact) mass is 247 g/mol. The topological polar surface area (TPSA) is 67.5 Å². The summed E-state index contributed by atoms with van der Waals surface area (Å²) in [7, 11) is 0. The molecule has 2 heterocycles. The summed E-state index contributed by atoms with van der Waals surface area (Å²) in [4.78, 5) is 15.3. The highest BCUT2D eigenvalue weighted by Crippen LogP contribution is 2.25. The van der Waals surface area contributed by atoms with Gasteiger partial charge in [-0.05, 0) is 13.0 Å². The van der Waals surface area contributed by atoms with E-state index in [1.54, 1.807) is 23.8 Å². The molecule has 2 aromatic rings. The van der Waals surface area contributed by atoms with Crippen LogP contribution in [-0.2, 0) is 10.2 Å². The maximum Gasteiger partial charge on any atom is 0.312 e. The van der Waals surface area contributed by atoms with E-state index in [0.29, 0.717) is 5.69 Å². The van der Waals surface area contributed by atoms with Crippen LogP contribution in [0.15, 0.2) is 18.5 Å². The Balaban J connectivity index is 2.63. The molecule has 0 spiro atoms. The van der Waals surface area contributed by atoms with Crippen LogP contribution in [0.1, 0.15) is 45.0 Å². The van der Waals surface area contributed by atoms with Crippen LogP contribution in [0.25, 0.3) is 5.52 Å². The Morgan fingerprint density at radius 2 is 2.11 bits per heavy atom. The summed E-state index contributed by atoms with van der Waals surface area (Å²) in [6, 6.07) is 1.92. The molecule has 18 heavy (non-hydrogen) atoms. The predicted octanol–water partition coefficient (Wildman–Crippen LogP) is 2.21. The predicted molar refractivity (Wildman–Crippen MR) is 67.7 cm³/mol. The molecule has 2 rings (SSSR count). The highest BCUT2D eigenvalue weighted by atomic mass is 16.4.